The smallest absolute Gasteiger partial charge is 0.251 e. The summed E-state index contributed by atoms with van der Waals surface area (Å²) >= 11 is 1.80. The monoisotopic (exact) mass is 268 g/mol. The van der Waals surface area contributed by atoms with Crippen molar-refractivity contribution in [2.75, 3.05) is 24.3 Å². The van der Waals surface area contributed by atoms with Crippen LogP contribution in [-0.4, -0.2) is 30.6 Å². The Morgan fingerprint density at radius 3 is 2.89 bits per heavy atom. The van der Waals surface area contributed by atoms with Crippen molar-refractivity contribution in [1.82, 2.24) is 5.32 Å². The summed E-state index contributed by atoms with van der Waals surface area (Å²) in [7, 11) is 1.54. The average Bonchev–Trinajstić information content (AvgIpc) is 2.36. The summed E-state index contributed by atoms with van der Waals surface area (Å²) in [5, 5.41) is 2.95. The summed E-state index contributed by atoms with van der Waals surface area (Å²) in [6, 6.07) is 5.18. The van der Waals surface area contributed by atoms with Crippen LogP contribution in [-0.2, 0) is 0 Å². The maximum Gasteiger partial charge on any atom is 0.251 e. The van der Waals surface area contributed by atoms with Crippen LogP contribution in [0.1, 0.15) is 24.2 Å². The van der Waals surface area contributed by atoms with Crippen LogP contribution in [0.4, 0.5) is 5.69 Å². The minimum Gasteiger partial charge on any atom is -0.495 e. The molecule has 18 heavy (non-hydrogen) atoms. The van der Waals surface area contributed by atoms with Crippen molar-refractivity contribution in [1.29, 1.82) is 0 Å². The third-order valence-electron chi connectivity index (χ3n) is 2.45. The van der Waals surface area contributed by atoms with Gasteiger partial charge in [0.2, 0.25) is 0 Å². The lowest BCUT2D eigenvalue weighted by Crippen LogP contribution is -2.34. The summed E-state index contributed by atoms with van der Waals surface area (Å²) < 4.78 is 5.10. The Bertz CT molecular complexity index is 410. The van der Waals surface area contributed by atoms with Crippen molar-refractivity contribution in [3.05, 3.63) is 23.8 Å². The predicted molar refractivity (Wildman–Crippen MR) is 77.3 cm³/mol. The van der Waals surface area contributed by atoms with Gasteiger partial charge in [0, 0.05) is 17.4 Å². The Balaban J connectivity index is 2.66. The van der Waals surface area contributed by atoms with E-state index in [4.69, 9.17) is 10.5 Å². The van der Waals surface area contributed by atoms with Gasteiger partial charge in [0.05, 0.1) is 12.8 Å². The van der Waals surface area contributed by atoms with Crippen molar-refractivity contribution in [3.63, 3.8) is 0 Å². The van der Waals surface area contributed by atoms with Crippen LogP contribution in [0.25, 0.3) is 0 Å². The number of carbonyl (C=O) groups excluding carboxylic acids is 1. The molecule has 0 radical (unpaired) electrons. The Morgan fingerprint density at radius 1 is 1.56 bits per heavy atom. The van der Waals surface area contributed by atoms with Gasteiger partial charge in [-0.3, -0.25) is 4.79 Å². The Labute approximate surface area is 112 Å². The molecule has 1 aromatic rings. The molecule has 1 atom stereocenters. The first kappa shape index (κ1) is 14.7. The average molecular weight is 268 g/mol. The highest BCUT2D eigenvalue weighted by Crippen LogP contribution is 2.22. The predicted octanol–water partition coefficient (Wildman–Crippen LogP) is 2.15. The topological polar surface area (TPSA) is 64.4 Å². The van der Waals surface area contributed by atoms with Crippen LogP contribution in [0.15, 0.2) is 18.2 Å². The molecule has 1 unspecified atom stereocenters. The molecule has 0 aliphatic carbocycles. The number of hydrogen-bond acceptors (Lipinski definition) is 4. The molecule has 0 aliphatic heterocycles. The summed E-state index contributed by atoms with van der Waals surface area (Å²) in [6.07, 6.45) is 0. The normalized spacial score (nSPS) is 11.9. The van der Waals surface area contributed by atoms with Gasteiger partial charge in [-0.1, -0.05) is 6.92 Å². The molecule has 100 valence electrons. The largest absolute Gasteiger partial charge is 0.495 e. The number of nitrogen functional groups attached to an aromatic ring is 1. The van der Waals surface area contributed by atoms with Crippen molar-refractivity contribution >= 4 is 23.4 Å². The zero-order valence-electron chi connectivity index (χ0n) is 11.0. The molecule has 1 amide bonds. The van der Waals surface area contributed by atoms with Gasteiger partial charge >= 0.3 is 0 Å². The van der Waals surface area contributed by atoms with Gasteiger partial charge < -0.3 is 15.8 Å². The fourth-order valence-corrected chi connectivity index (χ4v) is 2.17. The number of hydrogen-bond donors (Lipinski definition) is 2. The van der Waals surface area contributed by atoms with E-state index in [1.54, 1.807) is 30.0 Å². The number of nitrogens with two attached hydrogens (primary N) is 1. The fourth-order valence-electron chi connectivity index (χ4n) is 1.50. The lowest BCUT2D eigenvalue weighted by molar-refractivity contribution is 0.0943. The molecule has 0 bridgehead atoms. The van der Waals surface area contributed by atoms with Gasteiger partial charge in [-0.2, -0.15) is 11.8 Å². The molecule has 0 saturated heterocycles. The summed E-state index contributed by atoms with van der Waals surface area (Å²) in [4.78, 5) is 12.0. The molecule has 0 saturated carbocycles. The number of nitrogens with one attached hydrogen (secondary N) is 1. The van der Waals surface area contributed by atoms with Crippen LogP contribution in [0.5, 0.6) is 5.75 Å². The summed E-state index contributed by atoms with van der Waals surface area (Å²) in [5.74, 6) is 2.39. The molecule has 0 heterocycles. The lowest BCUT2D eigenvalue weighted by atomic mass is 10.1. The van der Waals surface area contributed by atoms with E-state index in [0.717, 1.165) is 11.5 Å². The molecule has 1 aromatic carbocycles. The Kier molecular flexibility index (Phi) is 5.85. The van der Waals surface area contributed by atoms with E-state index >= 15 is 0 Å². The molecule has 5 heteroatoms. The maximum atomic E-state index is 12.0. The van der Waals surface area contributed by atoms with E-state index in [0.29, 0.717) is 17.0 Å². The number of benzene rings is 1. The van der Waals surface area contributed by atoms with Crippen LogP contribution >= 0.6 is 11.8 Å². The third-order valence-corrected chi connectivity index (χ3v) is 3.59. The number of carbonyl (C=O) groups is 1. The van der Waals surface area contributed by atoms with Gasteiger partial charge in [0.25, 0.3) is 5.91 Å². The summed E-state index contributed by atoms with van der Waals surface area (Å²) in [6.45, 7) is 4.10. The molecular formula is C13H20N2O2S. The maximum absolute atomic E-state index is 12.0. The number of methoxy groups -OCH3 is 1. The standard InChI is InChI=1S/C13H20N2O2S/c1-4-18-8-9(2)15-13(16)10-5-6-11(14)12(7-10)17-3/h5-7,9H,4,8,14H2,1-3H3,(H,15,16). The molecule has 1 rings (SSSR count). The Morgan fingerprint density at radius 2 is 2.28 bits per heavy atom. The van der Waals surface area contributed by atoms with Gasteiger partial charge in [0.15, 0.2) is 0 Å². The first-order valence-electron chi connectivity index (χ1n) is 5.90. The quantitative estimate of drug-likeness (QED) is 0.776. The molecule has 0 spiro atoms. The van der Waals surface area contributed by atoms with E-state index in [1.165, 1.54) is 7.11 Å². The fraction of sp³-hybridized carbons (Fsp3) is 0.462. The highest BCUT2D eigenvalue weighted by atomic mass is 32.2. The van der Waals surface area contributed by atoms with Crippen LogP contribution in [0.3, 0.4) is 0 Å². The second-order valence-corrected chi connectivity index (χ2v) is 5.31. The molecule has 0 fully saturated rings. The molecule has 3 N–H and O–H groups in total. The minimum absolute atomic E-state index is 0.0995. The van der Waals surface area contributed by atoms with E-state index in [9.17, 15) is 4.79 Å². The molecule has 0 aliphatic rings. The number of amides is 1. The third kappa shape index (κ3) is 4.14. The zero-order valence-corrected chi connectivity index (χ0v) is 11.8. The van der Waals surface area contributed by atoms with E-state index < -0.39 is 0 Å². The zero-order chi connectivity index (χ0) is 13.5. The second-order valence-electron chi connectivity index (χ2n) is 3.99. The van der Waals surface area contributed by atoms with E-state index in [1.807, 2.05) is 6.92 Å². The first-order chi connectivity index (χ1) is 8.58. The van der Waals surface area contributed by atoms with Gasteiger partial charge in [-0.05, 0) is 30.9 Å². The second kappa shape index (κ2) is 7.16. The van der Waals surface area contributed by atoms with Gasteiger partial charge in [0.1, 0.15) is 5.75 Å². The highest BCUT2D eigenvalue weighted by Gasteiger charge is 2.11. The highest BCUT2D eigenvalue weighted by molar-refractivity contribution is 7.99. The number of rotatable bonds is 6. The number of ether oxygens (including phenoxy) is 1. The summed E-state index contributed by atoms with van der Waals surface area (Å²) in [5.41, 5.74) is 6.80. The lowest BCUT2D eigenvalue weighted by Gasteiger charge is -2.14. The van der Waals surface area contributed by atoms with Gasteiger partial charge in [-0.25, -0.2) is 0 Å². The van der Waals surface area contributed by atoms with Crippen molar-refractivity contribution in [3.8, 4) is 5.75 Å². The van der Waals surface area contributed by atoms with E-state index in [-0.39, 0.29) is 11.9 Å². The molecule has 4 nitrogen and oxygen atoms in total. The minimum atomic E-state index is -0.0995. The Hall–Kier alpha value is -1.36. The molecular weight excluding hydrogens is 248 g/mol. The number of thioether (sulfide) groups is 1. The van der Waals surface area contributed by atoms with Crippen molar-refractivity contribution < 1.29 is 9.53 Å². The van der Waals surface area contributed by atoms with Crippen LogP contribution in [0, 0.1) is 0 Å². The number of anilines is 1. The van der Waals surface area contributed by atoms with Crippen molar-refractivity contribution in [2.45, 2.75) is 19.9 Å². The first-order valence-corrected chi connectivity index (χ1v) is 7.06. The van der Waals surface area contributed by atoms with E-state index in [2.05, 4.69) is 12.2 Å². The van der Waals surface area contributed by atoms with Crippen molar-refractivity contribution in [2.24, 2.45) is 0 Å². The SMILES string of the molecule is CCSCC(C)NC(=O)c1ccc(N)c(OC)c1. The molecule has 0 aromatic heterocycles. The van der Waals surface area contributed by atoms with Gasteiger partial charge in [-0.15, -0.1) is 0 Å². The van der Waals surface area contributed by atoms with Crippen LogP contribution < -0.4 is 15.8 Å². The van der Waals surface area contributed by atoms with Crippen LogP contribution in [0.2, 0.25) is 0 Å².